The van der Waals surface area contributed by atoms with Crippen LogP contribution in [0.5, 0.6) is 0 Å². The first-order valence-corrected chi connectivity index (χ1v) is 5.29. The van der Waals surface area contributed by atoms with Crippen LogP contribution < -0.4 is 5.73 Å². The van der Waals surface area contributed by atoms with Crippen molar-refractivity contribution in [3.63, 3.8) is 0 Å². The lowest BCUT2D eigenvalue weighted by Crippen LogP contribution is -2.20. The Bertz CT molecular complexity index is 429. The van der Waals surface area contributed by atoms with Gasteiger partial charge >= 0.3 is 0 Å². The molecule has 0 saturated heterocycles. The zero-order chi connectivity index (χ0) is 12.8. The molecule has 2 unspecified atom stereocenters. The monoisotopic (exact) mass is 236 g/mol. The summed E-state index contributed by atoms with van der Waals surface area (Å²) in [5.74, 6) is 0. The van der Waals surface area contributed by atoms with E-state index in [9.17, 15) is 10.2 Å². The average molecular weight is 236 g/mol. The number of anilines is 1. The normalized spacial score (nSPS) is 13.8. The van der Waals surface area contributed by atoms with E-state index < -0.39 is 12.2 Å². The van der Waals surface area contributed by atoms with E-state index >= 15 is 0 Å². The van der Waals surface area contributed by atoms with Gasteiger partial charge in [-0.1, -0.05) is 11.2 Å². The summed E-state index contributed by atoms with van der Waals surface area (Å²) in [7, 11) is 0. The van der Waals surface area contributed by atoms with Gasteiger partial charge in [0.25, 0.3) is 0 Å². The van der Waals surface area contributed by atoms with Gasteiger partial charge in [0.2, 0.25) is 0 Å². The molecule has 1 rings (SSSR count). The van der Waals surface area contributed by atoms with Gasteiger partial charge in [-0.05, 0) is 42.1 Å². The van der Waals surface area contributed by atoms with Crippen molar-refractivity contribution >= 4 is 5.69 Å². The molecule has 2 atom stereocenters. The lowest BCUT2D eigenvalue weighted by Gasteiger charge is -2.19. The minimum Gasteiger partial charge on any atom is -0.399 e. The first-order valence-electron chi connectivity index (χ1n) is 5.29. The van der Waals surface area contributed by atoms with Crippen LogP contribution >= 0.6 is 0 Å². The number of nitrogen functional groups attached to an aromatic ring is 1. The quantitative estimate of drug-likeness (QED) is 0.312. The van der Waals surface area contributed by atoms with Crippen LogP contribution in [-0.2, 0) is 0 Å². The van der Waals surface area contributed by atoms with Crippen molar-refractivity contribution in [2.75, 3.05) is 12.3 Å². The third kappa shape index (κ3) is 3.64. The highest BCUT2D eigenvalue weighted by Gasteiger charge is 2.19. The molecule has 1 aromatic rings. The second kappa shape index (κ2) is 6.10. The van der Waals surface area contributed by atoms with Crippen molar-refractivity contribution in [2.24, 2.45) is 5.11 Å². The molecule has 0 heterocycles. The smallest absolute Gasteiger partial charge is 0.105 e. The molecule has 92 valence electrons. The number of aliphatic hydroxyl groups excluding tert-OH is 2. The van der Waals surface area contributed by atoms with E-state index in [4.69, 9.17) is 11.3 Å². The number of hydrogen-bond donors (Lipinski definition) is 3. The SMILES string of the molecule is Cc1cc(N)ccc1C(O)C(O)CCN=[N+]=[N-]. The second-order valence-electron chi connectivity index (χ2n) is 3.87. The van der Waals surface area contributed by atoms with Gasteiger partial charge in [0, 0.05) is 17.1 Å². The zero-order valence-electron chi connectivity index (χ0n) is 9.61. The van der Waals surface area contributed by atoms with E-state index in [0.717, 1.165) is 5.56 Å². The summed E-state index contributed by atoms with van der Waals surface area (Å²) >= 11 is 0. The van der Waals surface area contributed by atoms with Crippen LogP contribution in [0.25, 0.3) is 10.4 Å². The van der Waals surface area contributed by atoms with Gasteiger partial charge in [-0.25, -0.2) is 0 Å². The number of azide groups is 1. The number of rotatable bonds is 5. The molecule has 6 nitrogen and oxygen atoms in total. The summed E-state index contributed by atoms with van der Waals surface area (Å²) in [6.07, 6.45) is -1.73. The van der Waals surface area contributed by atoms with Crippen molar-refractivity contribution in [3.05, 3.63) is 39.8 Å². The van der Waals surface area contributed by atoms with Crippen molar-refractivity contribution in [2.45, 2.75) is 25.6 Å². The molecular formula is C11H16N4O2. The zero-order valence-corrected chi connectivity index (χ0v) is 9.61. The molecular weight excluding hydrogens is 220 g/mol. The number of benzene rings is 1. The maximum Gasteiger partial charge on any atom is 0.105 e. The van der Waals surface area contributed by atoms with Gasteiger partial charge in [-0.15, -0.1) is 0 Å². The van der Waals surface area contributed by atoms with E-state index in [1.165, 1.54) is 0 Å². The highest BCUT2D eigenvalue weighted by molar-refractivity contribution is 5.45. The fourth-order valence-electron chi connectivity index (χ4n) is 1.63. The largest absolute Gasteiger partial charge is 0.399 e. The van der Waals surface area contributed by atoms with Gasteiger partial charge < -0.3 is 15.9 Å². The van der Waals surface area contributed by atoms with Crippen LogP contribution in [-0.4, -0.2) is 22.9 Å². The predicted molar refractivity (Wildman–Crippen MR) is 65.2 cm³/mol. The van der Waals surface area contributed by atoms with E-state index in [0.29, 0.717) is 11.3 Å². The molecule has 0 amide bonds. The fourth-order valence-corrected chi connectivity index (χ4v) is 1.63. The number of aryl methyl sites for hydroxylation is 1. The Morgan fingerprint density at radius 1 is 1.47 bits per heavy atom. The van der Waals surface area contributed by atoms with E-state index in [-0.39, 0.29) is 13.0 Å². The van der Waals surface area contributed by atoms with Crippen LogP contribution in [0.2, 0.25) is 0 Å². The molecule has 0 aliphatic heterocycles. The van der Waals surface area contributed by atoms with E-state index in [2.05, 4.69) is 10.0 Å². The number of nitrogens with two attached hydrogens (primary N) is 1. The topological polar surface area (TPSA) is 115 Å². The number of nitrogens with zero attached hydrogens (tertiary/aromatic N) is 3. The van der Waals surface area contributed by atoms with Crippen LogP contribution in [0.3, 0.4) is 0 Å². The van der Waals surface area contributed by atoms with Crippen molar-refractivity contribution in [1.82, 2.24) is 0 Å². The summed E-state index contributed by atoms with van der Waals surface area (Å²) in [6, 6.07) is 5.09. The van der Waals surface area contributed by atoms with Gasteiger partial charge in [0.05, 0.1) is 6.10 Å². The Hall–Kier alpha value is -1.75. The van der Waals surface area contributed by atoms with Crippen LogP contribution in [0.1, 0.15) is 23.7 Å². The lowest BCUT2D eigenvalue weighted by molar-refractivity contribution is 0.0147. The summed E-state index contributed by atoms with van der Waals surface area (Å²) in [4.78, 5) is 2.58. The van der Waals surface area contributed by atoms with Gasteiger partial charge in [0.15, 0.2) is 0 Å². The van der Waals surface area contributed by atoms with Crippen molar-refractivity contribution in [3.8, 4) is 0 Å². The van der Waals surface area contributed by atoms with Gasteiger partial charge in [0.1, 0.15) is 6.10 Å². The lowest BCUT2D eigenvalue weighted by atomic mass is 9.97. The highest BCUT2D eigenvalue weighted by atomic mass is 16.3. The summed E-state index contributed by atoms with van der Waals surface area (Å²) in [6.45, 7) is 1.97. The Balaban J connectivity index is 2.73. The van der Waals surface area contributed by atoms with Crippen molar-refractivity contribution < 1.29 is 10.2 Å². The minimum absolute atomic E-state index is 0.156. The molecule has 1 aromatic carbocycles. The van der Waals surface area contributed by atoms with Gasteiger partial charge in [-0.3, -0.25) is 0 Å². The molecule has 17 heavy (non-hydrogen) atoms. The van der Waals surface area contributed by atoms with Crippen molar-refractivity contribution in [1.29, 1.82) is 0 Å². The minimum atomic E-state index is -0.996. The maximum atomic E-state index is 9.93. The average Bonchev–Trinajstić information content (AvgIpc) is 2.28. The van der Waals surface area contributed by atoms with E-state index in [1.54, 1.807) is 18.2 Å². The van der Waals surface area contributed by atoms with Crippen LogP contribution in [0, 0.1) is 6.92 Å². The molecule has 0 bridgehead atoms. The first-order chi connectivity index (χ1) is 8.06. The number of aliphatic hydroxyl groups is 2. The Morgan fingerprint density at radius 3 is 2.76 bits per heavy atom. The summed E-state index contributed by atoms with van der Waals surface area (Å²) in [5, 5.41) is 23.0. The highest BCUT2D eigenvalue weighted by Crippen LogP contribution is 2.24. The molecule has 0 aromatic heterocycles. The fraction of sp³-hybridized carbons (Fsp3) is 0.455. The molecule has 0 spiro atoms. The molecule has 0 fully saturated rings. The van der Waals surface area contributed by atoms with E-state index in [1.807, 2.05) is 6.92 Å². The molecule has 6 heteroatoms. The predicted octanol–water partition coefficient (Wildman–Crippen LogP) is 1.67. The third-order valence-corrected chi connectivity index (χ3v) is 2.57. The maximum absolute atomic E-state index is 9.93. The first kappa shape index (κ1) is 13.3. The Kier molecular flexibility index (Phi) is 4.78. The molecule has 0 radical (unpaired) electrons. The van der Waals surface area contributed by atoms with Crippen LogP contribution in [0.4, 0.5) is 5.69 Å². The molecule has 0 aliphatic carbocycles. The molecule has 0 saturated carbocycles. The molecule has 4 N–H and O–H groups in total. The summed E-state index contributed by atoms with van der Waals surface area (Å²) in [5.41, 5.74) is 15.8. The Morgan fingerprint density at radius 2 is 2.18 bits per heavy atom. The second-order valence-corrected chi connectivity index (χ2v) is 3.87. The standard InChI is InChI=1S/C11H16N4O2/c1-7-6-8(12)2-3-9(7)11(17)10(16)4-5-14-15-13/h2-3,6,10-11,16-17H,4-5,12H2,1H3. The van der Waals surface area contributed by atoms with Crippen LogP contribution in [0.15, 0.2) is 23.3 Å². The van der Waals surface area contributed by atoms with Gasteiger partial charge in [-0.2, -0.15) is 0 Å². The Labute approximate surface area is 99.3 Å². The number of hydrogen-bond acceptors (Lipinski definition) is 4. The molecule has 0 aliphatic rings. The third-order valence-electron chi connectivity index (χ3n) is 2.57. The summed E-state index contributed by atoms with van der Waals surface area (Å²) < 4.78 is 0.